The van der Waals surface area contributed by atoms with Crippen LogP contribution in [-0.2, 0) is 9.13 Å². The van der Waals surface area contributed by atoms with Gasteiger partial charge in [-0.1, -0.05) is 0 Å². The van der Waals surface area contributed by atoms with Crippen molar-refractivity contribution in [2.75, 3.05) is 7.05 Å². The lowest BCUT2D eigenvalue weighted by Crippen LogP contribution is -2.02. The summed E-state index contributed by atoms with van der Waals surface area (Å²) in [6, 6.07) is 0. The van der Waals surface area contributed by atoms with Gasteiger partial charge in [-0.3, -0.25) is 9.13 Å². The van der Waals surface area contributed by atoms with Crippen LogP contribution in [0.2, 0.25) is 0 Å². The molecular weight excluding hydrogens is 208 g/mol. The molecule has 0 amide bonds. The molecule has 76 valence electrons. The molecule has 0 fully saturated rings. The van der Waals surface area contributed by atoms with Crippen LogP contribution in [0, 0.1) is 0 Å². The summed E-state index contributed by atoms with van der Waals surface area (Å²) in [6.07, 6.45) is 0. The van der Waals surface area contributed by atoms with Crippen LogP contribution >= 0.6 is 15.2 Å². The van der Waals surface area contributed by atoms with E-state index in [9.17, 15) is 9.13 Å². The quantitative estimate of drug-likeness (QED) is 0.386. The zero-order valence-electron chi connectivity index (χ0n) is 6.65. The molecule has 0 bridgehead atoms. The van der Waals surface area contributed by atoms with Gasteiger partial charge in [-0.15, -0.1) is 0 Å². The number of hydrogen-bond donors (Lipinski definition) is 5. The lowest BCUT2D eigenvalue weighted by molar-refractivity contribution is 0.342. The largest absolute Gasteiger partial charge is 0.340 e. The highest BCUT2D eigenvalue weighted by atomic mass is 31.2. The van der Waals surface area contributed by atoms with E-state index < -0.39 is 20.6 Å². The van der Waals surface area contributed by atoms with Crippen molar-refractivity contribution in [1.29, 1.82) is 0 Å². The van der Waals surface area contributed by atoms with Crippen LogP contribution in [0.1, 0.15) is 6.92 Å². The Morgan fingerprint density at radius 1 is 1.00 bits per heavy atom. The van der Waals surface area contributed by atoms with E-state index in [4.69, 9.17) is 19.6 Å². The fourth-order valence-electron chi connectivity index (χ4n) is 0.196. The Morgan fingerprint density at radius 2 is 1.17 bits per heavy atom. The van der Waals surface area contributed by atoms with E-state index in [0.29, 0.717) is 0 Å². The second-order valence-electron chi connectivity index (χ2n) is 1.81. The third-order valence-electron chi connectivity index (χ3n) is 0.974. The summed E-state index contributed by atoms with van der Waals surface area (Å²) in [6.45, 7) is 0.807. The second kappa shape index (κ2) is 5.09. The fourth-order valence-corrected chi connectivity index (χ4v) is 1.76. The van der Waals surface area contributed by atoms with Gasteiger partial charge in [0.15, 0.2) is 5.40 Å². The molecule has 0 heterocycles. The molecule has 0 rings (SSSR count). The van der Waals surface area contributed by atoms with Gasteiger partial charge in [-0.2, -0.15) is 0 Å². The summed E-state index contributed by atoms with van der Waals surface area (Å²) >= 11 is 0. The summed E-state index contributed by atoms with van der Waals surface area (Å²) in [7, 11) is -7.78. The zero-order chi connectivity index (χ0) is 10.6. The van der Waals surface area contributed by atoms with E-state index in [0.717, 1.165) is 6.92 Å². The molecule has 0 aromatic carbocycles. The molecule has 0 aromatic rings. The van der Waals surface area contributed by atoms with Crippen LogP contribution in [0.3, 0.4) is 0 Å². The van der Waals surface area contributed by atoms with Gasteiger partial charge in [-0.25, -0.2) is 0 Å². The maximum Gasteiger partial charge on any atom is 0.340 e. The minimum atomic E-state index is -4.64. The van der Waals surface area contributed by atoms with Crippen LogP contribution in [0.25, 0.3) is 0 Å². The van der Waals surface area contributed by atoms with Gasteiger partial charge >= 0.3 is 15.2 Å². The van der Waals surface area contributed by atoms with Crippen molar-refractivity contribution < 1.29 is 28.7 Å². The van der Waals surface area contributed by atoms with Crippen LogP contribution < -0.4 is 5.73 Å². The van der Waals surface area contributed by atoms with E-state index in [2.05, 4.69) is 5.73 Å². The third-order valence-corrected chi connectivity index (χ3v) is 4.73. The second-order valence-corrected chi connectivity index (χ2v) is 6.12. The first-order valence-corrected chi connectivity index (χ1v) is 6.20. The summed E-state index contributed by atoms with van der Waals surface area (Å²) in [5.74, 6) is 0. The highest BCUT2D eigenvalue weighted by Crippen LogP contribution is 2.59. The first kappa shape index (κ1) is 14.8. The summed E-state index contributed by atoms with van der Waals surface area (Å²) in [4.78, 5) is 33.0. The molecule has 6 N–H and O–H groups in total. The first-order valence-electron chi connectivity index (χ1n) is 2.84. The molecule has 0 aliphatic heterocycles. The van der Waals surface area contributed by atoms with Crippen molar-refractivity contribution in [3.8, 4) is 0 Å². The standard InChI is InChI=1S/C2H8O6P2.CH5N/c1-2(9(3,4)5)10(6,7)8;1-2/h2H,1H3,(H2,3,4,5)(H2,6,7,8);2H2,1H3. The lowest BCUT2D eigenvalue weighted by atomic mass is 11.0. The van der Waals surface area contributed by atoms with Gasteiger partial charge in [0.2, 0.25) is 0 Å². The Labute approximate surface area is 69.9 Å². The molecule has 9 heteroatoms. The molecule has 0 aliphatic rings. The Morgan fingerprint density at radius 3 is 1.17 bits per heavy atom. The van der Waals surface area contributed by atoms with Crippen molar-refractivity contribution in [2.24, 2.45) is 5.73 Å². The summed E-state index contributed by atoms with van der Waals surface area (Å²) < 4.78 is 20.4. The van der Waals surface area contributed by atoms with Gasteiger partial charge in [0.05, 0.1) is 0 Å². The molecule has 0 unspecified atom stereocenters. The monoisotopic (exact) mass is 221 g/mol. The van der Waals surface area contributed by atoms with Gasteiger partial charge in [0.1, 0.15) is 0 Å². The number of rotatable bonds is 2. The topological polar surface area (TPSA) is 141 Å². The van der Waals surface area contributed by atoms with Crippen LogP contribution in [0.15, 0.2) is 0 Å². The average molecular weight is 221 g/mol. The summed E-state index contributed by atoms with van der Waals surface area (Å²) in [5, 5.41) is -1.90. The van der Waals surface area contributed by atoms with E-state index in [1.54, 1.807) is 0 Å². The zero-order valence-corrected chi connectivity index (χ0v) is 8.44. The highest BCUT2D eigenvalue weighted by Gasteiger charge is 2.38. The number of hydrogen-bond acceptors (Lipinski definition) is 3. The van der Waals surface area contributed by atoms with Crippen LogP contribution in [-0.4, -0.2) is 32.0 Å². The molecule has 0 spiro atoms. The van der Waals surface area contributed by atoms with Crippen molar-refractivity contribution in [3.05, 3.63) is 0 Å². The fraction of sp³-hybridized carbons (Fsp3) is 1.00. The van der Waals surface area contributed by atoms with Gasteiger partial charge < -0.3 is 25.3 Å². The van der Waals surface area contributed by atoms with Gasteiger partial charge in [-0.05, 0) is 14.0 Å². The SMILES string of the molecule is CC(P(=O)(O)O)P(=O)(O)O.CN. The van der Waals surface area contributed by atoms with E-state index in [1.165, 1.54) is 7.05 Å². The minimum Gasteiger partial charge on any atom is -0.333 e. The van der Waals surface area contributed by atoms with Crippen molar-refractivity contribution in [1.82, 2.24) is 0 Å². The molecule has 0 radical (unpaired) electrons. The minimum absolute atomic E-state index is 0.807. The Hall–Kier alpha value is 0.260. The molecule has 0 aromatic heterocycles. The van der Waals surface area contributed by atoms with Crippen LogP contribution in [0.4, 0.5) is 0 Å². The smallest absolute Gasteiger partial charge is 0.333 e. The maximum absolute atomic E-state index is 10.2. The molecule has 0 aliphatic carbocycles. The molecule has 0 saturated heterocycles. The maximum atomic E-state index is 10.2. The Bertz CT molecular complexity index is 183. The lowest BCUT2D eigenvalue weighted by Gasteiger charge is -2.13. The molecular formula is C3H13NO6P2. The predicted molar refractivity (Wildman–Crippen MR) is 43.7 cm³/mol. The number of nitrogens with two attached hydrogens (primary N) is 1. The molecule has 12 heavy (non-hydrogen) atoms. The Kier molecular flexibility index (Phi) is 6.26. The highest BCUT2D eigenvalue weighted by molar-refractivity contribution is 7.70. The average Bonchev–Trinajstić information content (AvgIpc) is 1.87. The third kappa shape index (κ3) is 5.85. The molecule has 0 atom stereocenters. The molecule has 0 saturated carbocycles. The Balaban J connectivity index is 0. The summed E-state index contributed by atoms with van der Waals surface area (Å²) in [5.41, 5.74) is 4.50. The van der Waals surface area contributed by atoms with E-state index >= 15 is 0 Å². The van der Waals surface area contributed by atoms with Crippen molar-refractivity contribution in [3.63, 3.8) is 0 Å². The van der Waals surface area contributed by atoms with E-state index in [-0.39, 0.29) is 0 Å². The normalized spacial score (nSPS) is 12.3. The van der Waals surface area contributed by atoms with E-state index in [1.807, 2.05) is 0 Å². The predicted octanol–water partition coefficient (Wildman–Crippen LogP) is -0.737. The van der Waals surface area contributed by atoms with Crippen LogP contribution in [0.5, 0.6) is 0 Å². The van der Waals surface area contributed by atoms with Crippen molar-refractivity contribution in [2.45, 2.75) is 12.3 Å². The first-order chi connectivity index (χ1) is 5.15. The van der Waals surface area contributed by atoms with Crippen molar-refractivity contribution >= 4 is 15.2 Å². The van der Waals surface area contributed by atoms with Gasteiger partial charge in [0, 0.05) is 0 Å². The van der Waals surface area contributed by atoms with Gasteiger partial charge in [0.25, 0.3) is 0 Å². The molecule has 7 nitrogen and oxygen atoms in total.